The summed E-state index contributed by atoms with van der Waals surface area (Å²) in [4.78, 5) is 14.1. The van der Waals surface area contributed by atoms with Crippen molar-refractivity contribution in [3.63, 3.8) is 0 Å². The number of benzene rings is 1. The van der Waals surface area contributed by atoms with Crippen molar-refractivity contribution in [2.75, 3.05) is 24.5 Å². The highest BCUT2D eigenvalue weighted by atomic mass is 79.9. The maximum atomic E-state index is 11.9. The molecule has 20 heavy (non-hydrogen) atoms. The topological polar surface area (TPSA) is 44.4 Å². The van der Waals surface area contributed by atoms with Crippen molar-refractivity contribution >= 4 is 27.5 Å². The van der Waals surface area contributed by atoms with Crippen LogP contribution in [0.4, 0.5) is 5.69 Å². The standard InChI is InChI=1S/C15H22BrN3O/c1-4-17-10(2)13-9-12(16)5-6-14(13)19-8-7-18-15(20)11(19)3/h5-6,9-11,17H,4,7-8H2,1-3H3,(H,18,20). The molecule has 1 aromatic carbocycles. The first-order chi connectivity index (χ1) is 9.54. The van der Waals surface area contributed by atoms with Gasteiger partial charge < -0.3 is 15.5 Å². The van der Waals surface area contributed by atoms with E-state index in [-0.39, 0.29) is 18.0 Å². The third-order valence-electron chi connectivity index (χ3n) is 3.77. The Bertz CT molecular complexity index is 492. The summed E-state index contributed by atoms with van der Waals surface area (Å²) in [5.74, 6) is 0.0984. The normalized spacial score (nSPS) is 20.7. The van der Waals surface area contributed by atoms with Crippen LogP contribution in [-0.2, 0) is 4.79 Å². The highest BCUT2D eigenvalue weighted by Crippen LogP contribution is 2.31. The third-order valence-corrected chi connectivity index (χ3v) is 4.27. The summed E-state index contributed by atoms with van der Waals surface area (Å²) < 4.78 is 1.06. The molecule has 5 heteroatoms. The average Bonchev–Trinajstić information content (AvgIpc) is 2.42. The molecular formula is C15H22BrN3O. The van der Waals surface area contributed by atoms with Gasteiger partial charge in [0.15, 0.2) is 0 Å². The van der Waals surface area contributed by atoms with Crippen LogP contribution in [0.15, 0.2) is 22.7 Å². The Labute approximate surface area is 129 Å². The van der Waals surface area contributed by atoms with Crippen molar-refractivity contribution in [3.8, 4) is 0 Å². The lowest BCUT2D eigenvalue weighted by Crippen LogP contribution is -2.54. The van der Waals surface area contributed by atoms with E-state index < -0.39 is 0 Å². The second kappa shape index (κ2) is 6.59. The van der Waals surface area contributed by atoms with Crippen LogP contribution in [-0.4, -0.2) is 31.6 Å². The average molecular weight is 340 g/mol. The van der Waals surface area contributed by atoms with E-state index in [4.69, 9.17) is 0 Å². The molecule has 0 radical (unpaired) electrons. The molecule has 2 atom stereocenters. The van der Waals surface area contributed by atoms with Crippen LogP contribution < -0.4 is 15.5 Å². The second-order valence-corrected chi connectivity index (χ2v) is 6.06. The van der Waals surface area contributed by atoms with E-state index in [0.717, 1.165) is 23.2 Å². The maximum absolute atomic E-state index is 11.9. The van der Waals surface area contributed by atoms with Crippen LogP contribution in [0.2, 0.25) is 0 Å². The molecule has 1 amide bonds. The first kappa shape index (κ1) is 15.3. The van der Waals surface area contributed by atoms with Crippen LogP contribution in [0.3, 0.4) is 0 Å². The summed E-state index contributed by atoms with van der Waals surface area (Å²) in [5.41, 5.74) is 2.37. The van der Waals surface area contributed by atoms with Crippen molar-refractivity contribution in [2.24, 2.45) is 0 Å². The van der Waals surface area contributed by atoms with Crippen LogP contribution >= 0.6 is 15.9 Å². The van der Waals surface area contributed by atoms with Gasteiger partial charge in [0, 0.05) is 29.3 Å². The van der Waals surface area contributed by atoms with Crippen molar-refractivity contribution in [1.29, 1.82) is 0 Å². The monoisotopic (exact) mass is 339 g/mol. The minimum Gasteiger partial charge on any atom is -0.358 e. The lowest BCUT2D eigenvalue weighted by atomic mass is 10.0. The zero-order valence-corrected chi connectivity index (χ0v) is 13.8. The lowest BCUT2D eigenvalue weighted by Gasteiger charge is -2.37. The molecule has 0 bridgehead atoms. The smallest absolute Gasteiger partial charge is 0.242 e. The number of carbonyl (C=O) groups is 1. The summed E-state index contributed by atoms with van der Waals surface area (Å²) in [6.07, 6.45) is 0. The first-order valence-electron chi connectivity index (χ1n) is 7.11. The maximum Gasteiger partial charge on any atom is 0.242 e. The summed E-state index contributed by atoms with van der Waals surface area (Å²) >= 11 is 3.54. The highest BCUT2D eigenvalue weighted by molar-refractivity contribution is 9.10. The number of hydrogen-bond donors (Lipinski definition) is 2. The number of rotatable bonds is 4. The molecule has 2 unspecified atom stereocenters. The largest absolute Gasteiger partial charge is 0.358 e. The van der Waals surface area contributed by atoms with Gasteiger partial charge in [-0.1, -0.05) is 22.9 Å². The predicted molar refractivity (Wildman–Crippen MR) is 86.1 cm³/mol. The molecule has 4 nitrogen and oxygen atoms in total. The number of piperazine rings is 1. The molecule has 1 heterocycles. The molecule has 1 aliphatic heterocycles. The van der Waals surface area contributed by atoms with Crippen molar-refractivity contribution < 1.29 is 4.79 Å². The summed E-state index contributed by atoms with van der Waals surface area (Å²) in [7, 11) is 0. The zero-order valence-electron chi connectivity index (χ0n) is 12.2. The van der Waals surface area contributed by atoms with Gasteiger partial charge in [-0.05, 0) is 44.2 Å². The molecule has 2 rings (SSSR count). The fourth-order valence-electron chi connectivity index (χ4n) is 2.66. The molecule has 1 fully saturated rings. The van der Waals surface area contributed by atoms with E-state index in [9.17, 15) is 4.79 Å². The number of halogens is 1. The second-order valence-electron chi connectivity index (χ2n) is 5.14. The van der Waals surface area contributed by atoms with E-state index in [0.29, 0.717) is 6.54 Å². The zero-order chi connectivity index (χ0) is 14.7. The minimum absolute atomic E-state index is 0.0984. The molecule has 1 saturated heterocycles. The molecule has 0 spiro atoms. The Morgan fingerprint density at radius 1 is 1.55 bits per heavy atom. The van der Waals surface area contributed by atoms with Crippen LogP contribution in [0.1, 0.15) is 32.4 Å². The molecule has 0 aromatic heterocycles. The summed E-state index contributed by atoms with van der Waals surface area (Å²) in [6, 6.07) is 6.41. The van der Waals surface area contributed by atoms with E-state index >= 15 is 0 Å². The Kier molecular flexibility index (Phi) is 5.05. The molecule has 0 saturated carbocycles. The van der Waals surface area contributed by atoms with Crippen molar-refractivity contribution in [3.05, 3.63) is 28.2 Å². The Morgan fingerprint density at radius 3 is 3.00 bits per heavy atom. The molecular weight excluding hydrogens is 318 g/mol. The minimum atomic E-state index is -0.127. The van der Waals surface area contributed by atoms with Gasteiger partial charge in [0.05, 0.1) is 0 Å². The van der Waals surface area contributed by atoms with Crippen LogP contribution in [0.5, 0.6) is 0 Å². The van der Waals surface area contributed by atoms with E-state index in [1.807, 2.05) is 13.0 Å². The fraction of sp³-hybridized carbons (Fsp3) is 0.533. The van der Waals surface area contributed by atoms with Crippen molar-refractivity contribution in [2.45, 2.75) is 32.9 Å². The van der Waals surface area contributed by atoms with Crippen LogP contribution in [0.25, 0.3) is 0 Å². The van der Waals surface area contributed by atoms with E-state index in [1.54, 1.807) is 0 Å². The Morgan fingerprint density at radius 2 is 2.30 bits per heavy atom. The van der Waals surface area contributed by atoms with Gasteiger partial charge in [-0.3, -0.25) is 4.79 Å². The third kappa shape index (κ3) is 3.15. The number of nitrogens with zero attached hydrogens (tertiary/aromatic N) is 1. The summed E-state index contributed by atoms with van der Waals surface area (Å²) in [5, 5.41) is 6.36. The summed E-state index contributed by atoms with van der Waals surface area (Å²) in [6.45, 7) is 8.69. The molecule has 110 valence electrons. The van der Waals surface area contributed by atoms with Gasteiger partial charge >= 0.3 is 0 Å². The first-order valence-corrected chi connectivity index (χ1v) is 7.91. The van der Waals surface area contributed by atoms with Gasteiger partial charge in [-0.25, -0.2) is 0 Å². The van der Waals surface area contributed by atoms with Crippen molar-refractivity contribution in [1.82, 2.24) is 10.6 Å². The number of anilines is 1. The van der Waals surface area contributed by atoms with Gasteiger partial charge in [-0.15, -0.1) is 0 Å². The molecule has 1 aliphatic rings. The van der Waals surface area contributed by atoms with Gasteiger partial charge in [0.1, 0.15) is 6.04 Å². The molecule has 2 N–H and O–H groups in total. The Balaban J connectivity index is 2.37. The quantitative estimate of drug-likeness (QED) is 0.885. The van der Waals surface area contributed by atoms with Gasteiger partial charge in [0.2, 0.25) is 5.91 Å². The molecule has 1 aromatic rings. The number of amides is 1. The number of carbonyl (C=O) groups excluding carboxylic acids is 1. The van der Waals surface area contributed by atoms with Gasteiger partial charge in [0.25, 0.3) is 0 Å². The van der Waals surface area contributed by atoms with E-state index in [2.05, 4.69) is 57.4 Å². The fourth-order valence-corrected chi connectivity index (χ4v) is 3.04. The number of nitrogens with one attached hydrogen (secondary N) is 2. The van der Waals surface area contributed by atoms with Gasteiger partial charge in [-0.2, -0.15) is 0 Å². The predicted octanol–water partition coefficient (Wildman–Crippen LogP) is 2.44. The number of hydrogen-bond acceptors (Lipinski definition) is 3. The van der Waals surface area contributed by atoms with E-state index in [1.165, 1.54) is 5.56 Å². The lowest BCUT2D eigenvalue weighted by molar-refractivity contribution is -0.122. The molecule has 0 aliphatic carbocycles. The highest BCUT2D eigenvalue weighted by Gasteiger charge is 2.27. The SMILES string of the molecule is CCNC(C)c1cc(Br)ccc1N1CCNC(=O)C1C. The Hall–Kier alpha value is -1.07. The van der Waals surface area contributed by atoms with Crippen LogP contribution in [0, 0.1) is 0 Å².